The molecule has 1 heteroatoms. The average Bonchev–Trinajstić information content (AvgIpc) is 2.02. The van der Waals surface area contributed by atoms with Gasteiger partial charge in [-0.05, 0) is 24.8 Å². The summed E-state index contributed by atoms with van der Waals surface area (Å²) in [5.74, 6) is 0. The molecule has 86 valence electrons. The van der Waals surface area contributed by atoms with E-state index in [0.29, 0.717) is 5.41 Å². The van der Waals surface area contributed by atoms with Gasteiger partial charge in [0.05, 0.1) is 0 Å². The first-order chi connectivity index (χ1) is 6.49. The molecule has 1 nitrogen and oxygen atoms in total. The fourth-order valence-corrected chi connectivity index (χ4v) is 1.94. The first-order valence-electron chi connectivity index (χ1n) is 6.23. The highest BCUT2D eigenvalue weighted by Crippen LogP contribution is 2.23. The minimum absolute atomic E-state index is 0.457. The van der Waals surface area contributed by atoms with E-state index in [1.54, 1.807) is 0 Å². The molecule has 0 heterocycles. The Bertz CT molecular complexity index is 124. The maximum absolute atomic E-state index is 3.60. The normalized spacial score (nSPS) is 14.4. The second-order valence-electron chi connectivity index (χ2n) is 5.52. The molecule has 0 aliphatic carbocycles. The fraction of sp³-hybridized carbons (Fsp3) is 1.00. The third kappa shape index (κ3) is 8.55. The molecule has 0 aliphatic heterocycles. The van der Waals surface area contributed by atoms with E-state index in [-0.39, 0.29) is 0 Å². The fourth-order valence-electron chi connectivity index (χ4n) is 1.94. The predicted octanol–water partition coefficient (Wildman–Crippen LogP) is 3.98. The first-order valence-corrected chi connectivity index (χ1v) is 6.23. The van der Waals surface area contributed by atoms with Crippen LogP contribution in [0.25, 0.3) is 0 Å². The Morgan fingerprint density at radius 2 is 1.71 bits per heavy atom. The summed E-state index contributed by atoms with van der Waals surface area (Å²) in [6, 6.07) is 0.728. The molecule has 0 saturated heterocycles. The summed E-state index contributed by atoms with van der Waals surface area (Å²) in [6.45, 7) is 12.6. The van der Waals surface area contributed by atoms with Crippen LogP contribution in [0.5, 0.6) is 0 Å². The molecule has 0 bridgehead atoms. The van der Waals surface area contributed by atoms with Crippen LogP contribution in [0.3, 0.4) is 0 Å². The van der Waals surface area contributed by atoms with E-state index in [1.807, 2.05) is 0 Å². The average molecular weight is 199 g/mol. The van der Waals surface area contributed by atoms with Crippen molar-refractivity contribution in [1.82, 2.24) is 5.32 Å². The smallest absolute Gasteiger partial charge is 0.00719 e. The summed E-state index contributed by atoms with van der Waals surface area (Å²) in [7, 11) is 0. The minimum atomic E-state index is 0.457. The summed E-state index contributed by atoms with van der Waals surface area (Å²) in [4.78, 5) is 0. The zero-order valence-corrected chi connectivity index (χ0v) is 10.8. The van der Waals surface area contributed by atoms with Crippen LogP contribution in [-0.4, -0.2) is 12.6 Å². The van der Waals surface area contributed by atoms with Gasteiger partial charge >= 0.3 is 0 Å². The largest absolute Gasteiger partial charge is 0.314 e. The predicted molar refractivity (Wildman–Crippen MR) is 65.7 cm³/mol. The highest BCUT2D eigenvalue weighted by atomic mass is 14.9. The van der Waals surface area contributed by atoms with Gasteiger partial charge in [0.25, 0.3) is 0 Å². The summed E-state index contributed by atoms with van der Waals surface area (Å²) < 4.78 is 0. The summed E-state index contributed by atoms with van der Waals surface area (Å²) >= 11 is 0. The molecule has 0 aromatic rings. The summed E-state index contributed by atoms with van der Waals surface area (Å²) in [6.07, 6.45) is 6.73. The number of unbranched alkanes of at least 4 members (excludes halogenated alkanes) is 2. The molecule has 0 amide bonds. The van der Waals surface area contributed by atoms with Crippen LogP contribution >= 0.6 is 0 Å². The van der Waals surface area contributed by atoms with Crippen LogP contribution < -0.4 is 5.32 Å². The van der Waals surface area contributed by atoms with Crippen LogP contribution in [0, 0.1) is 5.41 Å². The van der Waals surface area contributed by atoms with E-state index in [1.165, 1.54) is 32.1 Å². The summed E-state index contributed by atoms with van der Waals surface area (Å²) in [5, 5.41) is 3.60. The maximum Gasteiger partial charge on any atom is 0.00719 e. The Balaban J connectivity index is 3.77. The van der Waals surface area contributed by atoms with Crippen LogP contribution in [0.4, 0.5) is 0 Å². The van der Waals surface area contributed by atoms with Crippen LogP contribution in [0.1, 0.15) is 66.7 Å². The van der Waals surface area contributed by atoms with Crippen LogP contribution in [0.15, 0.2) is 0 Å². The molecule has 1 N–H and O–H groups in total. The molecule has 0 rings (SSSR count). The molecule has 0 spiro atoms. The van der Waals surface area contributed by atoms with Crippen molar-refractivity contribution in [3.05, 3.63) is 0 Å². The van der Waals surface area contributed by atoms with Gasteiger partial charge in [0.15, 0.2) is 0 Å². The van der Waals surface area contributed by atoms with Gasteiger partial charge in [0.1, 0.15) is 0 Å². The van der Waals surface area contributed by atoms with Gasteiger partial charge in [-0.25, -0.2) is 0 Å². The van der Waals surface area contributed by atoms with Crippen molar-refractivity contribution in [3.8, 4) is 0 Å². The van der Waals surface area contributed by atoms with Gasteiger partial charge in [0, 0.05) is 6.04 Å². The number of hydrogen-bond donors (Lipinski definition) is 1. The van der Waals surface area contributed by atoms with Crippen LogP contribution in [0.2, 0.25) is 0 Å². The monoisotopic (exact) mass is 199 g/mol. The Hall–Kier alpha value is -0.0400. The van der Waals surface area contributed by atoms with Gasteiger partial charge in [-0.1, -0.05) is 53.9 Å². The van der Waals surface area contributed by atoms with Crippen molar-refractivity contribution in [2.75, 3.05) is 6.54 Å². The SMILES string of the molecule is CCCCCC(CC(C)(C)C)NCC. The van der Waals surface area contributed by atoms with Crippen molar-refractivity contribution >= 4 is 0 Å². The molecule has 1 atom stereocenters. The van der Waals surface area contributed by atoms with E-state index in [0.717, 1.165) is 12.6 Å². The molecule has 1 unspecified atom stereocenters. The Morgan fingerprint density at radius 1 is 1.07 bits per heavy atom. The maximum atomic E-state index is 3.60. The van der Waals surface area contributed by atoms with Gasteiger partial charge in [-0.2, -0.15) is 0 Å². The molecule has 14 heavy (non-hydrogen) atoms. The van der Waals surface area contributed by atoms with Crippen molar-refractivity contribution < 1.29 is 0 Å². The van der Waals surface area contributed by atoms with Gasteiger partial charge < -0.3 is 5.32 Å². The number of nitrogens with one attached hydrogen (secondary N) is 1. The van der Waals surface area contributed by atoms with Crippen molar-refractivity contribution in [2.45, 2.75) is 72.8 Å². The zero-order valence-electron chi connectivity index (χ0n) is 10.8. The lowest BCUT2D eigenvalue weighted by molar-refractivity contribution is 0.296. The molecular formula is C13H29N. The second-order valence-corrected chi connectivity index (χ2v) is 5.52. The molecule has 0 aliphatic rings. The van der Waals surface area contributed by atoms with E-state index < -0.39 is 0 Å². The van der Waals surface area contributed by atoms with Crippen LogP contribution in [-0.2, 0) is 0 Å². The molecule has 0 saturated carbocycles. The molecule has 0 aromatic heterocycles. The molecule has 0 aromatic carbocycles. The van der Waals surface area contributed by atoms with E-state index in [9.17, 15) is 0 Å². The second kappa shape index (κ2) is 7.28. The van der Waals surface area contributed by atoms with Crippen molar-refractivity contribution in [1.29, 1.82) is 0 Å². The zero-order chi connectivity index (χ0) is 11.0. The van der Waals surface area contributed by atoms with Crippen molar-refractivity contribution in [2.24, 2.45) is 5.41 Å². The molecule has 0 fully saturated rings. The Morgan fingerprint density at radius 3 is 2.14 bits per heavy atom. The Labute approximate surface area is 90.7 Å². The van der Waals surface area contributed by atoms with E-state index in [2.05, 4.69) is 39.9 Å². The minimum Gasteiger partial charge on any atom is -0.314 e. The highest BCUT2D eigenvalue weighted by molar-refractivity contribution is 4.74. The van der Waals surface area contributed by atoms with E-state index >= 15 is 0 Å². The topological polar surface area (TPSA) is 12.0 Å². The van der Waals surface area contributed by atoms with Gasteiger partial charge in [0.2, 0.25) is 0 Å². The number of rotatable bonds is 7. The van der Waals surface area contributed by atoms with Gasteiger partial charge in [-0.15, -0.1) is 0 Å². The van der Waals surface area contributed by atoms with Gasteiger partial charge in [-0.3, -0.25) is 0 Å². The highest BCUT2D eigenvalue weighted by Gasteiger charge is 2.17. The molecular weight excluding hydrogens is 170 g/mol. The third-order valence-electron chi connectivity index (χ3n) is 2.51. The number of hydrogen-bond acceptors (Lipinski definition) is 1. The standard InChI is InChI=1S/C13H29N/c1-6-8-9-10-12(14-7-2)11-13(3,4)5/h12,14H,6-11H2,1-5H3. The van der Waals surface area contributed by atoms with E-state index in [4.69, 9.17) is 0 Å². The lowest BCUT2D eigenvalue weighted by atomic mass is 9.86. The third-order valence-corrected chi connectivity index (χ3v) is 2.51. The summed E-state index contributed by atoms with van der Waals surface area (Å²) in [5.41, 5.74) is 0.457. The Kier molecular flexibility index (Phi) is 7.26. The lowest BCUT2D eigenvalue weighted by Crippen LogP contribution is -2.32. The molecule has 0 radical (unpaired) electrons. The lowest BCUT2D eigenvalue weighted by Gasteiger charge is -2.26. The quantitative estimate of drug-likeness (QED) is 0.612. The first kappa shape index (κ1) is 14.0. The van der Waals surface area contributed by atoms with Crippen molar-refractivity contribution in [3.63, 3.8) is 0 Å².